The van der Waals surface area contributed by atoms with Gasteiger partial charge < -0.3 is 0 Å². The normalized spacial score (nSPS) is 9.92. The number of hydrogen-bond acceptors (Lipinski definition) is 1. The van der Waals surface area contributed by atoms with Gasteiger partial charge >= 0.3 is 0 Å². The molecule has 0 spiro atoms. The third-order valence-corrected chi connectivity index (χ3v) is 2.24. The molecule has 0 fully saturated rings. The zero-order chi connectivity index (χ0) is 9.14. The van der Waals surface area contributed by atoms with Crippen LogP contribution in [-0.4, -0.2) is 5.78 Å². The quantitative estimate of drug-likeness (QED) is 0.759. The molecule has 0 aromatic heterocycles. The van der Waals surface area contributed by atoms with Crippen molar-refractivity contribution >= 4 is 21.7 Å². The lowest BCUT2D eigenvalue weighted by Gasteiger charge is -2.02. The SMILES string of the molecule is CC(=O)Cc1ccc(Br)cc1C. The van der Waals surface area contributed by atoms with Gasteiger partial charge in [0.15, 0.2) is 0 Å². The first-order valence-electron chi connectivity index (χ1n) is 3.84. The van der Waals surface area contributed by atoms with Gasteiger partial charge in [0.05, 0.1) is 0 Å². The average Bonchev–Trinajstić information content (AvgIpc) is 1.94. The largest absolute Gasteiger partial charge is 0.300 e. The molecule has 1 aromatic carbocycles. The molecule has 0 saturated heterocycles. The molecule has 0 atom stereocenters. The number of aryl methyl sites for hydroxylation is 1. The van der Waals surface area contributed by atoms with Crippen LogP contribution in [0.1, 0.15) is 18.1 Å². The number of carbonyl (C=O) groups excluding carboxylic acids is 1. The van der Waals surface area contributed by atoms with E-state index in [1.165, 1.54) is 5.56 Å². The van der Waals surface area contributed by atoms with Crippen LogP contribution in [0.15, 0.2) is 22.7 Å². The van der Waals surface area contributed by atoms with Gasteiger partial charge in [0, 0.05) is 10.9 Å². The van der Waals surface area contributed by atoms with E-state index in [4.69, 9.17) is 0 Å². The molecule has 0 unspecified atom stereocenters. The van der Waals surface area contributed by atoms with Crippen molar-refractivity contribution in [2.45, 2.75) is 20.3 Å². The van der Waals surface area contributed by atoms with Gasteiger partial charge in [-0.2, -0.15) is 0 Å². The number of halogens is 1. The predicted octanol–water partition coefficient (Wildman–Crippen LogP) is 2.89. The summed E-state index contributed by atoms with van der Waals surface area (Å²) in [5.41, 5.74) is 2.28. The van der Waals surface area contributed by atoms with Crippen LogP contribution in [0.25, 0.3) is 0 Å². The van der Waals surface area contributed by atoms with Crippen LogP contribution in [0, 0.1) is 6.92 Å². The second-order valence-electron chi connectivity index (χ2n) is 2.95. The fourth-order valence-corrected chi connectivity index (χ4v) is 1.60. The summed E-state index contributed by atoms with van der Waals surface area (Å²) in [6.45, 7) is 3.63. The van der Waals surface area contributed by atoms with Crippen molar-refractivity contribution in [3.8, 4) is 0 Å². The molecule has 0 aliphatic heterocycles. The van der Waals surface area contributed by atoms with E-state index in [0.29, 0.717) is 6.42 Å². The molecule has 0 amide bonds. The Morgan fingerprint density at radius 3 is 2.67 bits per heavy atom. The van der Waals surface area contributed by atoms with E-state index in [0.717, 1.165) is 10.0 Å². The summed E-state index contributed by atoms with van der Waals surface area (Å²) >= 11 is 3.38. The van der Waals surface area contributed by atoms with Gasteiger partial charge in [-0.15, -0.1) is 0 Å². The van der Waals surface area contributed by atoms with Gasteiger partial charge in [-0.25, -0.2) is 0 Å². The van der Waals surface area contributed by atoms with E-state index in [-0.39, 0.29) is 5.78 Å². The van der Waals surface area contributed by atoms with E-state index >= 15 is 0 Å². The number of rotatable bonds is 2. The highest BCUT2D eigenvalue weighted by Gasteiger charge is 2.01. The number of benzene rings is 1. The first-order chi connectivity index (χ1) is 5.59. The Balaban J connectivity index is 2.93. The van der Waals surface area contributed by atoms with Crippen molar-refractivity contribution in [1.29, 1.82) is 0 Å². The van der Waals surface area contributed by atoms with Crippen molar-refractivity contribution in [3.63, 3.8) is 0 Å². The molecule has 0 radical (unpaired) electrons. The summed E-state index contributed by atoms with van der Waals surface area (Å²) in [6, 6.07) is 5.98. The van der Waals surface area contributed by atoms with Crippen molar-refractivity contribution < 1.29 is 4.79 Å². The molecule has 0 saturated carbocycles. The Kier molecular flexibility index (Phi) is 3.04. The van der Waals surface area contributed by atoms with Crippen LogP contribution in [0.2, 0.25) is 0 Å². The lowest BCUT2D eigenvalue weighted by Crippen LogP contribution is -1.98. The number of Topliss-reactive ketones (excluding diaryl/α,β-unsaturated/α-hetero) is 1. The summed E-state index contributed by atoms with van der Waals surface area (Å²) in [6.07, 6.45) is 0.541. The zero-order valence-corrected chi connectivity index (χ0v) is 8.81. The maximum atomic E-state index is 10.8. The molecule has 0 bridgehead atoms. The van der Waals surface area contributed by atoms with Gasteiger partial charge in [-0.1, -0.05) is 22.0 Å². The van der Waals surface area contributed by atoms with Gasteiger partial charge in [0.25, 0.3) is 0 Å². The Hall–Kier alpha value is -0.630. The zero-order valence-electron chi connectivity index (χ0n) is 7.23. The van der Waals surface area contributed by atoms with Gasteiger partial charge in [-0.3, -0.25) is 4.79 Å². The molecule has 64 valence electrons. The second-order valence-corrected chi connectivity index (χ2v) is 3.87. The molecule has 1 aromatic rings. The topological polar surface area (TPSA) is 17.1 Å². The Morgan fingerprint density at radius 2 is 2.17 bits per heavy atom. The Bertz CT molecular complexity index is 305. The van der Waals surface area contributed by atoms with E-state index in [9.17, 15) is 4.79 Å². The standard InChI is InChI=1S/C10H11BrO/c1-7-5-10(11)4-3-9(7)6-8(2)12/h3-5H,6H2,1-2H3. The maximum absolute atomic E-state index is 10.8. The number of carbonyl (C=O) groups is 1. The maximum Gasteiger partial charge on any atom is 0.134 e. The predicted molar refractivity (Wildman–Crippen MR) is 53.3 cm³/mol. The van der Waals surface area contributed by atoms with Crippen molar-refractivity contribution in [2.75, 3.05) is 0 Å². The van der Waals surface area contributed by atoms with Gasteiger partial charge in [-0.05, 0) is 37.1 Å². The molecule has 12 heavy (non-hydrogen) atoms. The molecule has 0 aliphatic rings. The summed E-state index contributed by atoms with van der Waals surface area (Å²) < 4.78 is 1.06. The number of ketones is 1. The van der Waals surface area contributed by atoms with Crippen molar-refractivity contribution in [2.24, 2.45) is 0 Å². The van der Waals surface area contributed by atoms with E-state index in [1.54, 1.807) is 6.92 Å². The fourth-order valence-electron chi connectivity index (χ4n) is 1.13. The van der Waals surface area contributed by atoms with E-state index in [2.05, 4.69) is 15.9 Å². The van der Waals surface area contributed by atoms with E-state index < -0.39 is 0 Å². The minimum Gasteiger partial charge on any atom is -0.300 e. The summed E-state index contributed by atoms with van der Waals surface area (Å²) in [5, 5.41) is 0. The lowest BCUT2D eigenvalue weighted by molar-refractivity contribution is -0.116. The second kappa shape index (κ2) is 3.85. The molecule has 0 N–H and O–H groups in total. The molecular weight excluding hydrogens is 216 g/mol. The van der Waals surface area contributed by atoms with Gasteiger partial charge in [0.1, 0.15) is 5.78 Å². The highest BCUT2D eigenvalue weighted by atomic mass is 79.9. The third-order valence-electron chi connectivity index (χ3n) is 1.74. The minimum absolute atomic E-state index is 0.209. The first-order valence-corrected chi connectivity index (χ1v) is 4.63. The molecular formula is C10H11BrO. The molecule has 0 heterocycles. The van der Waals surface area contributed by atoms with Crippen molar-refractivity contribution in [3.05, 3.63) is 33.8 Å². The van der Waals surface area contributed by atoms with Crippen molar-refractivity contribution in [1.82, 2.24) is 0 Å². The molecule has 1 rings (SSSR count). The Morgan fingerprint density at radius 1 is 1.50 bits per heavy atom. The summed E-state index contributed by atoms with van der Waals surface area (Å²) in [4.78, 5) is 10.8. The van der Waals surface area contributed by atoms with Crippen LogP contribution in [0.3, 0.4) is 0 Å². The van der Waals surface area contributed by atoms with Crippen LogP contribution in [0.5, 0.6) is 0 Å². The minimum atomic E-state index is 0.209. The van der Waals surface area contributed by atoms with Crippen LogP contribution in [0.4, 0.5) is 0 Å². The first kappa shape index (κ1) is 9.46. The highest BCUT2D eigenvalue weighted by molar-refractivity contribution is 9.10. The monoisotopic (exact) mass is 226 g/mol. The smallest absolute Gasteiger partial charge is 0.134 e. The fraction of sp³-hybridized carbons (Fsp3) is 0.300. The van der Waals surface area contributed by atoms with Crippen LogP contribution >= 0.6 is 15.9 Å². The van der Waals surface area contributed by atoms with Gasteiger partial charge in [0.2, 0.25) is 0 Å². The summed E-state index contributed by atoms with van der Waals surface area (Å²) in [5.74, 6) is 0.209. The highest BCUT2D eigenvalue weighted by Crippen LogP contribution is 2.16. The molecule has 1 nitrogen and oxygen atoms in total. The average molecular weight is 227 g/mol. The van der Waals surface area contributed by atoms with Crippen LogP contribution in [-0.2, 0) is 11.2 Å². The Labute approximate surface area is 80.9 Å². The summed E-state index contributed by atoms with van der Waals surface area (Å²) in [7, 11) is 0. The number of hydrogen-bond donors (Lipinski definition) is 0. The molecule has 0 aliphatic carbocycles. The third kappa shape index (κ3) is 2.45. The lowest BCUT2D eigenvalue weighted by atomic mass is 10.0. The van der Waals surface area contributed by atoms with Crippen LogP contribution < -0.4 is 0 Å². The van der Waals surface area contributed by atoms with E-state index in [1.807, 2.05) is 25.1 Å². The molecule has 2 heteroatoms.